The topological polar surface area (TPSA) is 64.3 Å². The highest BCUT2D eigenvalue weighted by molar-refractivity contribution is 5.85. The van der Waals surface area contributed by atoms with Gasteiger partial charge in [0.2, 0.25) is 5.91 Å². The van der Waals surface area contributed by atoms with Crippen LogP contribution in [0, 0.1) is 5.92 Å². The lowest BCUT2D eigenvalue weighted by molar-refractivity contribution is -0.122. The van der Waals surface area contributed by atoms with E-state index in [1.165, 1.54) is 0 Å². The van der Waals surface area contributed by atoms with Gasteiger partial charge in [-0.05, 0) is 25.2 Å². The van der Waals surface area contributed by atoms with Crippen LogP contribution in [0.4, 0.5) is 0 Å². The monoisotopic (exact) mass is 266 g/mol. The summed E-state index contributed by atoms with van der Waals surface area (Å²) in [4.78, 5) is 11.5. The molecule has 17 heavy (non-hydrogen) atoms. The smallest absolute Gasteiger partial charge is 0.220 e. The number of halogens is 1. The van der Waals surface area contributed by atoms with E-state index in [-0.39, 0.29) is 24.4 Å². The van der Waals surface area contributed by atoms with Crippen molar-refractivity contribution in [2.75, 3.05) is 20.3 Å². The van der Waals surface area contributed by atoms with Crippen molar-refractivity contribution in [3.05, 3.63) is 0 Å². The molecule has 0 rings (SSSR count). The van der Waals surface area contributed by atoms with E-state index < -0.39 is 0 Å². The molecule has 4 nitrogen and oxygen atoms in total. The van der Waals surface area contributed by atoms with Crippen molar-refractivity contribution >= 4 is 18.3 Å². The van der Waals surface area contributed by atoms with Gasteiger partial charge < -0.3 is 15.8 Å². The van der Waals surface area contributed by atoms with Gasteiger partial charge in [-0.1, -0.05) is 13.8 Å². The Morgan fingerprint density at radius 2 is 2.00 bits per heavy atom. The highest BCUT2D eigenvalue weighted by Gasteiger charge is 2.11. The van der Waals surface area contributed by atoms with Crippen molar-refractivity contribution in [2.45, 2.75) is 45.6 Å². The van der Waals surface area contributed by atoms with Gasteiger partial charge in [-0.25, -0.2) is 0 Å². The van der Waals surface area contributed by atoms with Crippen LogP contribution in [0.25, 0.3) is 0 Å². The summed E-state index contributed by atoms with van der Waals surface area (Å²) in [5.41, 5.74) is 5.61. The Hall–Kier alpha value is -0.320. The van der Waals surface area contributed by atoms with Gasteiger partial charge in [-0.2, -0.15) is 0 Å². The SMILES string of the molecule is COCCCCC(=O)NC(CN)CC(C)C.Cl. The zero-order valence-corrected chi connectivity index (χ0v) is 12.0. The van der Waals surface area contributed by atoms with Gasteiger partial charge in [0, 0.05) is 32.7 Å². The Balaban J connectivity index is 0. The summed E-state index contributed by atoms with van der Waals surface area (Å²) >= 11 is 0. The van der Waals surface area contributed by atoms with Gasteiger partial charge in [0.25, 0.3) is 0 Å². The lowest BCUT2D eigenvalue weighted by Crippen LogP contribution is -2.40. The molecule has 3 N–H and O–H groups in total. The second kappa shape index (κ2) is 12.1. The molecule has 1 amide bonds. The van der Waals surface area contributed by atoms with Crippen molar-refractivity contribution in [1.29, 1.82) is 0 Å². The number of methoxy groups -OCH3 is 1. The minimum Gasteiger partial charge on any atom is -0.385 e. The molecule has 0 aliphatic heterocycles. The summed E-state index contributed by atoms with van der Waals surface area (Å²) in [5, 5.41) is 2.97. The van der Waals surface area contributed by atoms with Gasteiger partial charge in [0.05, 0.1) is 0 Å². The fraction of sp³-hybridized carbons (Fsp3) is 0.917. The van der Waals surface area contributed by atoms with Crippen molar-refractivity contribution in [1.82, 2.24) is 5.32 Å². The van der Waals surface area contributed by atoms with Crippen LogP contribution in [-0.2, 0) is 9.53 Å². The third-order valence-electron chi connectivity index (χ3n) is 2.41. The summed E-state index contributed by atoms with van der Waals surface area (Å²) in [6, 6.07) is 0.120. The van der Waals surface area contributed by atoms with Crippen LogP contribution in [0.15, 0.2) is 0 Å². The summed E-state index contributed by atoms with van der Waals surface area (Å²) in [5.74, 6) is 0.662. The van der Waals surface area contributed by atoms with Gasteiger partial charge in [-0.15, -0.1) is 12.4 Å². The average molecular weight is 267 g/mol. The van der Waals surface area contributed by atoms with E-state index in [1.54, 1.807) is 7.11 Å². The number of hydrogen-bond donors (Lipinski definition) is 2. The molecule has 0 saturated carbocycles. The van der Waals surface area contributed by atoms with E-state index in [2.05, 4.69) is 19.2 Å². The maximum Gasteiger partial charge on any atom is 0.220 e. The maximum atomic E-state index is 11.5. The number of amides is 1. The molecule has 0 bridgehead atoms. The van der Waals surface area contributed by atoms with E-state index in [4.69, 9.17) is 10.5 Å². The third kappa shape index (κ3) is 11.9. The van der Waals surface area contributed by atoms with Crippen LogP contribution in [0.5, 0.6) is 0 Å². The standard InChI is InChI=1S/C12H26N2O2.ClH/c1-10(2)8-11(9-13)14-12(15)6-4-5-7-16-3;/h10-11H,4-9,13H2,1-3H3,(H,14,15);1H. The fourth-order valence-corrected chi connectivity index (χ4v) is 1.61. The first-order valence-electron chi connectivity index (χ1n) is 6.08. The number of hydrogen-bond acceptors (Lipinski definition) is 3. The first-order valence-corrected chi connectivity index (χ1v) is 6.08. The predicted molar refractivity (Wildman–Crippen MR) is 73.4 cm³/mol. The number of carbonyl (C=O) groups excluding carboxylic acids is 1. The number of nitrogens with two attached hydrogens (primary N) is 1. The van der Waals surface area contributed by atoms with Crippen molar-refractivity contribution in [3.63, 3.8) is 0 Å². The minimum absolute atomic E-state index is 0. The van der Waals surface area contributed by atoms with E-state index in [0.717, 1.165) is 25.9 Å². The molecule has 0 aromatic heterocycles. The Labute approximate surface area is 111 Å². The quantitative estimate of drug-likeness (QED) is 0.625. The number of rotatable bonds is 9. The number of ether oxygens (including phenoxy) is 1. The maximum absolute atomic E-state index is 11.5. The van der Waals surface area contributed by atoms with E-state index >= 15 is 0 Å². The largest absolute Gasteiger partial charge is 0.385 e. The lowest BCUT2D eigenvalue weighted by atomic mass is 10.0. The summed E-state index contributed by atoms with van der Waals surface area (Å²) < 4.78 is 4.93. The van der Waals surface area contributed by atoms with Crippen LogP contribution in [0.1, 0.15) is 39.5 Å². The molecular weight excluding hydrogens is 240 g/mol. The highest BCUT2D eigenvalue weighted by Crippen LogP contribution is 2.04. The van der Waals surface area contributed by atoms with Crippen LogP contribution in [0.2, 0.25) is 0 Å². The molecule has 0 saturated heterocycles. The molecule has 0 radical (unpaired) electrons. The van der Waals surface area contributed by atoms with Gasteiger partial charge >= 0.3 is 0 Å². The molecule has 0 aromatic carbocycles. The van der Waals surface area contributed by atoms with Crippen molar-refractivity contribution in [3.8, 4) is 0 Å². The number of nitrogens with one attached hydrogen (secondary N) is 1. The van der Waals surface area contributed by atoms with Gasteiger partial charge in [0.15, 0.2) is 0 Å². The van der Waals surface area contributed by atoms with Crippen LogP contribution < -0.4 is 11.1 Å². The number of carbonyl (C=O) groups is 1. The second-order valence-electron chi connectivity index (χ2n) is 4.58. The predicted octanol–water partition coefficient (Wildman–Crippen LogP) is 1.71. The molecule has 0 heterocycles. The zero-order chi connectivity index (χ0) is 12.4. The first-order chi connectivity index (χ1) is 7.60. The van der Waals surface area contributed by atoms with Gasteiger partial charge in [0.1, 0.15) is 0 Å². The molecule has 1 unspecified atom stereocenters. The molecule has 5 heteroatoms. The molecular formula is C12H27ClN2O2. The summed E-state index contributed by atoms with van der Waals surface area (Å²) in [6.07, 6.45) is 3.32. The molecule has 0 aromatic rings. The lowest BCUT2D eigenvalue weighted by Gasteiger charge is -2.18. The average Bonchev–Trinajstić information content (AvgIpc) is 2.23. The van der Waals surface area contributed by atoms with Crippen molar-refractivity contribution < 1.29 is 9.53 Å². The van der Waals surface area contributed by atoms with Crippen molar-refractivity contribution in [2.24, 2.45) is 11.7 Å². The number of unbranched alkanes of at least 4 members (excludes halogenated alkanes) is 1. The fourth-order valence-electron chi connectivity index (χ4n) is 1.61. The molecule has 0 spiro atoms. The highest BCUT2D eigenvalue weighted by atomic mass is 35.5. The van der Waals surface area contributed by atoms with E-state index in [9.17, 15) is 4.79 Å². The van der Waals surface area contributed by atoms with E-state index in [0.29, 0.717) is 18.9 Å². The Morgan fingerprint density at radius 1 is 1.35 bits per heavy atom. The van der Waals surface area contributed by atoms with Gasteiger partial charge in [-0.3, -0.25) is 4.79 Å². The first kappa shape index (κ1) is 19.0. The Morgan fingerprint density at radius 3 is 2.47 bits per heavy atom. The Bertz CT molecular complexity index is 189. The van der Waals surface area contributed by atoms with E-state index in [1.807, 2.05) is 0 Å². The molecule has 1 atom stereocenters. The third-order valence-corrected chi connectivity index (χ3v) is 2.41. The molecule has 0 fully saturated rings. The molecule has 104 valence electrons. The Kier molecular flexibility index (Phi) is 13.6. The summed E-state index contributed by atoms with van der Waals surface area (Å²) in [6.45, 7) is 5.50. The normalized spacial score (nSPS) is 12.1. The van der Waals surface area contributed by atoms with Crippen LogP contribution in [0.3, 0.4) is 0 Å². The van der Waals surface area contributed by atoms with Crippen LogP contribution >= 0.6 is 12.4 Å². The summed E-state index contributed by atoms with van der Waals surface area (Å²) in [7, 11) is 1.67. The zero-order valence-electron chi connectivity index (χ0n) is 11.2. The molecule has 0 aliphatic rings. The van der Waals surface area contributed by atoms with Crippen LogP contribution in [-0.4, -0.2) is 32.2 Å². The molecule has 0 aliphatic carbocycles. The second-order valence-corrected chi connectivity index (χ2v) is 4.58. The minimum atomic E-state index is 0.